The first-order valence-electron chi connectivity index (χ1n) is 8.93. The average Bonchev–Trinajstić information content (AvgIpc) is 2.70. The molecule has 2 amide bonds. The van der Waals surface area contributed by atoms with E-state index in [0.29, 0.717) is 13.1 Å². The highest BCUT2D eigenvalue weighted by Gasteiger charge is 2.06. The van der Waals surface area contributed by atoms with Gasteiger partial charge in [-0.2, -0.15) is 5.10 Å². The molecule has 138 valence electrons. The summed E-state index contributed by atoms with van der Waals surface area (Å²) in [4.78, 5) is 24.1. The summed E-state index contributed by atoms with van der Waals surface area (Å²) in [6.07, 6.45) is 0.835. The fourth-order valence-electron chi connectivity index (χ4n) is 2.76. The van der Waals surface area contributed by atoms with Crippen LogP contribution in [-0.4, -0.2) is 22.4 Å². The molecule has 0 unspecified atom stereocenters. The molecule has 0 aliphatic heterocycles. The van der Waals surface area contributed by atoms with E-state index in [-0.39, 0.29) is 11.6 Å². The van der Waals surface area contributed by atoms with Crippen LogP contribution in [0.2, 0.25) is 0 Å². The number of carbonyl (C=O) groups excluding carboxylic acids is 1. The standard InChI is InChI=1S/C21H22N4O2/c1-2-16-8-6-7-11-18(16)23-21(27)22-14-15-25-20(26)13-12-19(24-25)17-9-4-3-5-10-17/h3-13H,2,14-15H2,1H3,(H2,22,23,27). The molecule has 0 atom stereocenters. The molecule has 0 aliphatic rings. The second-order valence-corrected chi connectivity index (χ2v) is 6.04. The van der Waals surface area contributed by atoms with Gasteiger partial charge in [0.15, 0.2) is 0 Å². The number of hydrogen-bond acceptors (Lipinski definition) is 3. The van der Waals surface area contributed by atoms with E-state index < -0.39 is 0 Å². The van der Waals surface area contributed by atoms with Gasteiger partial charge in [-0.1, -0.05) is 55.5 Å². The van der Waals surface area contributed by atoms with Gasteiger partial charge in [0.2, 0.25) is 0 Å². The lowest BCUT2D eigenvalue weighted by molar-refractivity contribution is 0.251. The van der Waals surface area contributed by atoms with Gasteiger partial charge in [0.1, 0.15) is 0 Å². The van der Waals surface area contributed by atoms with E-state index in [0.717, 1.165) is 28.9 Å². The molecule has 0 radical (unpaired) electrons. The summed E-state index contributed by atoms with van der Waals surface area (Å²) in [6.45, 7) is 2.63. The third kappa shape index (κ3) is 4.82. The minimum atomic E-state index is -0.303. The fourth-order valence-corrected chi connectivity index (χ4v) is 2.76. The maximum atomic E-state index is 12.1. The predicted molar refractivity (Wildman–Crippen MR) is 107 cm³/mol. The van der Waals surface area contributed by atoms with E-state index in [2.05, 4.69) is 15.7 Å². The molecule has 6 heteroatoms. The molecule has 27 heavy (non-hydrogen) atoms. The third-order valence-corrected chi connectivity index (χ3v) is 4.19. The van der Waals surface area contributed by atoms with Gasteiger partial charge >= 0.3 is 6.03 Å². The SMILES string of the molecule is CCc1ccccc1NC(=O)NCCn1nc(-c2ccccc2)ccc1=O. The van der Waals surface area contributed by atoms with Gasteiger partial charge in [-0.15, -0.1) is 0 Å². The number of urea groups is 1. The number of para-hydroxylation sites is 1. The molecule has 0 fully saturated rings. The maximum Gasteiger partial charge on any atom is 0.319 e. The highest BCUT2D eigenvalue weighted by molar-refractivity contribution is 5.90. The number of carbonyl (C=O) groups is 1. The topological polar surface area (TPSA) is 76.0 Å². The van der Waals surface area contributed by atoms with Crippen LogP contribution in [-0.2, 0) is 13.0 Å². The molecule has 6 nitrogen and oxygen atoms in total. The van der Waals surface area contributed by atoms with E-state index >= 15 is 0 Å². The van der Waals surface area contributed by atoms with Crippen LogP contribution >= 0.6 is 0 Å². The Morgan fingerprint density at radius 1 is 1.00 bits per heavy atom. The van der Waals surface area contributed by atoms with Gasteiger partial charge in [-0.3, -0.25) is 4.79 Å². The number of amides is 2. The summed E-state index contributed by atoms with van der Waals surface area (Å²) in [5.41, 5.74) is 3.32. The Hall–Kier alpha value is -3.41. The van der Waals surface area contributed by atoms with E-state index in [1.54, 1.807) is 6.07 Å². The summed E-state index contributed by atoms with van der Waals surface area (Å²) in [6, 6.07) is 20.2. The summed E-state index contributed by atoms with van der Waals surface area (Å²) < 4.78 is 1.36. The quantitative estimate of drug-likeness (QED) is 0.706. The highest BCUT2D eigenvalue weighted by Crippen LogP contribution is 2.15. The fraction of sp³-hybridized carbons (Fsp3) is 0.190. The summed E-state index contributed by atoms with van der Waals surface area (Å²) in [7, 11) is 0. The molecule has 0 aliphatic carbocycles. The van der Waals surface area contributed by atoms with Gasteiger partial charge in [0.25, 0.3) is 5.56 Å². The normalized spacial score (nSPS) is 10.4. The molecule has 1 heterocycles. The Bertz CT molecular complexity index is 967. The lowest BCUT2D eigenvalue weighted by atomic mass is 10.1. The van der Waals surface area contributed by atoms with Crippen LogP contribution in [0.15, 0.2) is 71.5 Å². The van der Waals surface area contributed by atoms with Gasteiger partial charge in [0.05, 0.1) is 12.2 Å². The Morgan fingerprint density at radius 3 is 2.52 bits per heavy atom. The molecule has 2 aromatic carbocycles. The van der Waals surface area contributed by atoms with Crippen molar-refractivity contribution in [3.63, 3.8) is 0 Å². The molecular formula is C21H22N4O2. The predicted octanol–water partition coefficient (Wildman–Crippen LogP) is 3.29. The third-order valence-electron chi connectivity index (χ3n) is 4.19. The van der Waals surface area contributed by atoms with Crippen molar-refractivity contribution in [2.24, 2.45) is 0 Å². The minimum Gasteiger partial charge on any atom is -0.336 e. The van der Waals surface area contributed by atoms with Crippen molar-refractivity contribution >= 4 is 11.7 Å². The molecule has 2 N–H and O–H groups in total. The van der Waals surface area contributed by atoms with E-state index in [1.807, 2.05) is 61.5 Å². The number of rotatable bonds is 6. The number of aromatic nitrogens is 2. The second-order valence-electron chi connectivity index (χ2n) is 6.04. The van der Waals surface area contributed by atoms with Crippen LogP contribution in [0.1, 0.15) is 12.5 Å². The molecule has 0 bridgehead atoms. The summed E-state index contributed by atoms with van der Waals surface area (Å²) >= 11 is 0. The second kappa shape index (κ2) is 8.80. The maximum absolute atomic E-state index is 12.1. The monoisotopic (exact) mass is 362 g/mol. The van der Waals surface area contributed by atoms with Gasteiger partial charge in [-0.05, 0) is 24.1 Å². The van der Waals surface area contributed by atoms with E-state index in [4.69, 9.17) is 0 Å². The number of aryl methyl sites for hydroxylation is 1. The molecule has 3 aromatic rings. The molecular weight excluding hydrogens is 340 g/mol. The Balaban J connectivity index is 1.60. The highest BCUT2D eigenvalue weighted by atomic mass is 16.2. The average molecular weight is 362 g/mol. The number of nitrogens with one attached hydrogen (secondary N) is 2. The van der Waals surface area contributed by atoms with Crippen LogP contribution in [0, 0.1) is 0 Å². The van der Waals surface area contributed by atoms with Crippen molar-refractivity contribution in [1.29, 1.82) is 0 Å². The van der Waals surface area contributed by atoms with Crippen LogP contribution < -0.4 is 16.2 Å². The smallest absolute Gasteiger partial charge is 0.319 e. The largest absolute Gasteiger partial charge is 0.336 e. The van der Waals surface area contributed by atoms with Crippen LogP contribution in [0.4, 0.5) is 10.5 Å². The lowest BCUT2D eigenvalue weighted by Gasteiger charge is -2.11. The molecule has 0 saturated carbocycles. The first kappa shape index (κ1) is 18.4. The van der Waals surface area contributed by atoms with Crippen molar-refractivity contribution in [3.8, 4) is 11.3 Å². The van der Waals surface area contributed by atoms with Crippen molar-refractivity contribution in [2.75, 3.05) is 11.9 Å². The first-order valence-corrected chi connectivity index (χ1v) is 8.93. The van der Waals surface area contributed by atoms with Gasteiger partial charge in [0, 0.05) is 23.9 Å². The van der Waals surface area contributed by atoms with Gasteiger partial charge < -0.3 is 10.6 Å². The number of hydrogen-bond donors (Lipinski definition) is 2. The van der Waals surface area contributed by atoms with Crippen molar-refractivity contribution in [1.82, 2.24) is 15.1 Å². The molecule has 0 spiro atoms. The van der Waals surface area contributed by atoms with Crippen molar-refractivity contribution in [2.45, 2.75) is 19.9 Å². The van der Waals surface area contributed by atoms with E-state index in [1.165, 1.54) is 10.7 Å². The zero-order valence-corrected chi connectivity index (χ0v) is 15.2. The lowest BCUT2D eigenvalue weighted by Crippen LogP contribution is -2.34. The Labute approximate surface area is 157 Å². The zero-order chi connectivity index (χ0) is 19.1. The minimum absolute atomic E-state index is 0.201. The van der Waals surface area contributed by atoms with Crippen LogP contribution in [0.5, 0.6) is 0 Å². The molecule has 3 rings (SSSR count). The summed E-state index contributed by atoms with van der Waals surface area (Å²) in [5.74, 6) is 0. The van der Waals surface area contributed by atoms with E-state index in [9.17, 15) is 9.59 Å². The number of anilines is 1. The van der Waals surface area contributed by atoms with Crippen molar-refractivity contribution < 1.29 is 4.79 Å². The Kier molecular flexibility index (Phi) is 5.99. The van der Waals surface area contributed by atoms with Crippen LogP contribution in [0.3, 0.4) is 0 Å². The zero-order valence-electron chi connectivity index (χ0n) is 15.2. The molecule has 1 aromatic heterocycles. The first-order chi connectivity index (χ1) is 13.2. The molecule has 0 saturated heterocycles. The number of nitrogens with zero attached hydrogens (tertiary/aromatic N) is 2. The Morgan fingerprint density at radius 2 is 1.74 bits per heavy atom. The van der Waals surface area contributed by atoms with Crippen molar-refractivity contribution in [3.05, 3.63) is 82.6 Å². The summed E-state index contributed by atoms with van der Waals surface area (Å²) in [5, 5.41) is 9.99. The number of benzene rings is 2. The van der Waals surface area contributed by atoms with Crippen LogP contribution in [0.25, 0.3) is 11.3 Å². The van der Waals surface area contributed by atoms with Gasteiger partial charge in [-0.25, -0.2) is 9.48 Å².